The summed E-state index contributed by atoms with van der Waals surface area (Å²) < 4.78 is 0. The van der Waals surface area contributed by atoms with Gasteiger partial charge < -0.3 is 5.32 Å². The molecule has 1 aliphatic rings. The highest BCUT2D eigenvalue weighted by atomic mass is 35.5. The number of nitrogens with one attached hydrogen (secondary N) is 1. The summed E-state index contributed by atoms with van der Waals surface area (Å²) in [7, 11) is 0. The van der Waals surface area contributed by atoms with E-state index in [4.69, 9.17) is 11.6 Å². The number of hydrogen-bond acceptors (Lipinski definition) is 5. The highest BCUT2D eigenvalue weighted by Gasteiger charge is 2.19. The number of carbonyl (C=O) groups is 1. The normalized spacial score (nSPS) is 16.2. The molecule has 0 aliphatic carbocycles. The van der Waals surface area contributed by atoms with Crippen LogP contribution in [0.1, 0.15) is 11.3 Å². The first-order valence-electron chi connectivity index (χ1n) is 7.99. The number of rotatable bonds is 5. The van der Waals surface area contributed by atoms with Crippen molar-refractivity contribution in [2.45, 2.75) is 13.5 Å². The molecule has 0 bridgehead atoms. The van der Waals surface area contributed by atoms with Gasteiger partial charge in [-0.2, -0.15) is 0 Å². The summed E-state index contributed by atoms with van der Waals surface area (Å²) in [5.41, 5.74) is 2.16. The average Bonchev–Trinajstić information content (AvgIpc) is 2.94. The van der Waals surface area contributed by atoms with E-state index in [1.165, 1.54) is 16.9 Å². The lowest BCUT2D eigenvalue weighted by molar-refractivity contribution is -0.117. The summed E-state index contributed by atoms with van der Waals surface area (Å²) in [5.74, 6) is 0.00708. The average molecular weight is 365 g/mol. The second-order valence-electron chi connectivity index (χ2n) is 6.02. The minimum atomic E-state index is 0.00708. The lowest BCUT2D eigenvalue weighted by Gasteiger charge is -2.34. The molecular formula is C17H21ClN4OS. The van der Waals surface area contributed by atoms with Crippen LogP contribution in [-0.2, 0) is 11.3 Å². The van der Waals surface area contributed by atoms with Gasteiger partial charge in [-0.3, -0.25) is 14.6 Å². The van der Waals surface area contributed by atoms with E-state index in [-0.39, 0.29) is 5.91 Å². The van der Waals surface area contributed by atoms with E-state index in [2.05, 4.69) is 26.2 Å². The van der Waals surface area contributed by atoms with Gasteiger partial charge in [-0.25, -0.2) is 4.98 Å². The van der Waals surface area contributed by atoms with Gasteiger partial charge in [0.2, 0.25) is 5.91 Å². The van der Waals surface area contributed by atoms with E-state index in [1.54, 1.807) is 0 Å². The third-order valence-electron chi connectivity index (χ3n) is 3.99. The maximum absolute atomic E-state index is 12.1. The first-order chi connectivity index (χ1) is 11.6. The number of halogens is 1. The van der Waals surface area contributed by atoms with Crippen LogP contribution in [0.4, 0.5) is 5.13 Å². The molecule has 0 spiro atoms. The predicted molar refractivity (Wildman–Crippen MR) is 98.6 cm³/mol. The Morgan fingerprint density at radius 1 is 1.29 bits per heavy atom. The molecule has 1 saturated heterocycles. The number of anilines is 1. The molecule has 0 radical (unpaired) electrons. The van der Waals surface area contributed by atoms with Gasteiger partial charge in [-0.15, -0.1) is 11.3 Å². The van der Waals surface area contributed by atoms with E-state index in [0.717, 1.165) is 43.4 Å². The lowest BCUT2D eigenvalue weighted by atomic mass is 10.2. The van der Waals surface area contributed by atoms with Crippen LogP contribution >= 0.6 is 22.9 Å². The second kappa shape index (κ2) is 8.07. The number of amides is 1. The summed E-state index contributed by atoms with van der Waals surface area (Å²) in [6, 6.07) is 7.99. The van der Waals surface area contributed by atoms with Gasteiger partial charge in [-0.05, 0) is 24.6 Å². The Kier molecular flexibility index (Phi) is 5.84. The predicted octanol–water partition coefficient (Wildman–Crippen LogP) is 2.86. The minimum Gasteiger partial charge on any atom is -0.301 e. The Morgan fingerprint density at radius 2 is 2.04 bits per heavy atom. The van der Waals surface area contributed by atoms with Crippen LogP contribution in [0.2, 0.25) is 5.02 Å². The van der Waals surface area contributed by atoms with E-state index in [9.17, 15) is 4.79 Å². The molecule has 1 aromatic carbocycles. The Labute approximate surface area is 151 Å². The maximum atomic E-state index is 12.1. The standard InChI is InChI=1S/C17H21ClN4OS/c1-13-12-24-17(19-13)20-16(23)11-22-7-5-21(6-8-22)10-14-3-2-4-15(18)9-14/h2-4,9,12H,5-8,10-11H2,1H3,(H,19,20,23). The van der Waals surface area contributed by atoms with Crippen LogP contribution in [0.15, 0.2) is 29.6 Å². The molecule has 0 atom stereocenters. The van der Waals surface area contributed by atoms with Crippen LogP contribution in [0.3, 0.4) is 0 Å². The Bertz CT molecular complexity index is 697. The van der Waals surface area contributed by atoms with Crippen LogP contribution < -0.4 is 5.32 Å². The maximum Gasteiger partial charge on any atom is 0.240 e. The number of hydrogen-bond donors (Lipinski definition) is 1. The Hall–Kier alpha value is -1.47. The highest BCUT2D eigenvalue weighted by Crippen LogP contribution is 2.15. The third-order valence-corrected chi connectivity index (χ3v) is 5.10. The number of benzene rings is 1. The minimum absolute atomic E-state index is 0.00708. The van der Waals surface area contributed by atoms with Gasteiger partial charge in [0.05, 0.1) is 12.2 Å². The molecule has 3 rings (SSSR count). The zero-order chi connectivity index (χ0) is 16.9. The first kappa shape index (κ1) is 17.4. The first-order valence-corrected chi connectivity index (χ1v) is 9.25. The topological polar surface area (TPSA) is 48.5 Å². The molecule has 7 heteroatoms. The van der Waals surface area contributed by atoms with Crippen molar-refractivity contribution in [2.24, 2.45) is 0 Å². The molecule has 1 aliphatic heterocycles. The quantitative estimate of drug-likeness (QED) is 0.886. The fraction of sp³-hybridized carbons (Fsp3) is 0.412. The van der Waals surface area contributed by atoms with Crippen LogP contribution in [0, 0.1) is 6.92 Å². The Balaban J connectivity index is 1.42. The molecule has 2 heterocycles. The fourth-order valence-corrected chi connectivity index (χ4v) is 3.69. The van der Waals surface area contributed by atoms with Crippen molar-refractivity contribution in [3.05, 3.63) is 45.9 Å². The molecule has 24 heavy (non-hydrogen) atoms. The molecular weight excluding hydrogens is 344 g/mol. The monoisotopic (exact) mass is 364 g/mol. The van der Waals surface area contributed by atoms with Gasteiger partial charge in [0.15, 0.2) is 5.13 Å². The second-order valence-corrected chi connectivity index (χ2v) is 7.32. The van der Waals surface area contributed by atoms with E-state index in [1.807, 2.05) is 30.5 Å². The van der Waals surface area contributed by atoms with Gasteiger partial charge in [0.25, 0.3) is 0 Å². The molecule has 128 valence electrons. The third kappa shape index (κ3) is 5.01. The van der Waals surface area contributed by atoms with Crippen molar-refractivity contribution in [3.8, 4) is 0 Å². The number of thiazole rings is 1. The number of piperazine rings is 1. The zero-order valence-corrected chi connectivity index (χ0v) is 15.2. The molecule has 0 unspecified atom stereocenters. The molecule has 2 aromatic rings. The summed E-state index contributed by atoms with van der Waals surface area (Å²) in [4.78, 5) is 20.9. The molecule has 5 nitrogen and oxygen atoms in total. The number of aromatic nitrogens is 1. The molecule has 1 aromatic heterocycles. The molecule has 1 N–H and O–H groups in total. The summed E-state index contributed by atoms with van der Waals surface area (Å²) >= 11 is 7.50. The van der Waals surface area contributed by atoms with Gasteiger partial charge >= 0.3 is 0 Å². The van der Waals surface area contributed by atoms with E-state index >= 15 is 0 Å². The zero-order valence-electron chi connectivity index (χ0n) is 13.7. The molecule has 1 amide bonds. The van der Waals surface area contributed by atoms with Crippen molar-refractivity contribution in [1.82, 2.24) is 14.8 Å². The summed E-state index contributed by atoms with van der Waals surface area (Å²) in [6.45, 7) is 6.94. The van der Waals surface area contributed by atoms with Crippen LogP contribution in [0.5, 0.6) is 0 Å². The highest BCUT2D eigenvalue weighted by molar-refractivity contribution is 7.13. The largest absolute Gasteiger partial charge is 0.301 e. The van der Waals surface area contributed by atoms with Crippen molar-refractivity contribution in [2.75, 3.05) is 38.0 Å². The van der Waals surface area contributed by atoms with E-state index in [0.29, 0.717) is 11.7 Å². The Morgan fingerprint density at radius 3 is 2.71 bits per heavy atom. The number of aryl methyl sites for hydroxylation is 1. The van der Waals surface area contributed by atoms with Gasteiger partial charge in [-0.1, -0.05) is 23.7 Å². The van der Waals surface area contributed by atoms with Crippen molar-refractivity contribution < 1.29 is 4.79 Å². The van der Waals surface area contributed by atoms with Crippen LogP contribution in [-0.4, -0.2) is 53.4 Å². The molecule has 1 fully saturated rings. The number of nitrogens with zero attached hydrogens (tertiary/aromatic N) is 3. The SMILES string of the molecule is Cc1csc(NC(=O)CN2CCN(Cc3cccc(Cl)c3)CC2)n1. The van der Waals surface area contributed by atoms with Gasteiger partial charge in [0, 0.05) is 43.1 Å². The van der Waals surface area contributed by atoms with Crippen molar-refractivity contribution in [1.29, 1.82) is 0 Å². The van der Waals surface area contributed by atoms with Crippen molar-refractivity contribution >= 4 is 34.0 Å². The van der Waals surface area contributed by atoms with Gasteiger partial charge in [0.1, 0.15) is 0 Å². The smallest absolute Gasteiger partial charge is 0.240 e. The summed E-state index contributed by atoms with van der Waals surface area (Å²) in [6.07, 6.45) is 0. The lowest BCUT2D eigenvalue weighted by Crippen LogP contribution is -2.48. The van der Waals surface area contributed by atoms with Crippen LogP contribution in [0.25, 0.3) is 0 Å². The number of carbonyl (C=O) groups excluding carboxylic acids is 1. The van der Waals surface area contributed by atoms with Crippen molar-refractivity contribution in [3.63, 3.8) is 0 Å². The van der Waals surface area contributed by atoms with E-state index < -0.39 is 0 Å². The summed E-state index contributed by atoms with van der Waals surface area (Å²) in [5, 5.41) is 6.26. The molecule has 0 saturated carbocycles. The fourth-order valence-electron chi connectivity index (χ4n) is 2.77.